The maximum atomic E-state index is 14.1. The van der Waals surface area contributed by atoms with Crippen LogP contribution in [0.1, 0.15) is 51.5 Å². The third kappa shape index (κ3) is 5.55. The second-order valence-electron chi connectivity index (χ2n) is 9.77. The van der Waals surface area contributed by atoms with E-state index in [1.165, 1.54) is 19.2 Å². The first-order valence-corrected chi connectivity index (χ1v) is 13.6. The van der Waals surface area contributed by atoms with Gasteiger partial charge in [0.15, 0.2) is 5.11 Å². The van der Waals surface area contributed by atoms with Gasteiger partial charge in [-0.3, -0.25) is 9.78 Å². The maximum absolute atomic E-state index is 14.1. The predicted octanol–water partition coefficient (Wildman–Crippen LogP) is 5.42. The van der Waals surface area contributed by atoms with Crippen molar-refractivity contribution in [3.63, 3.8) is 0 Å². The molecule has 2 aromatic carbocycles. The van der Waals surface area contributed by atoms with E-state index in [-0.39, 0.29) is 30.1 Å². The number of nitrogens with zero attached hydrogens (tertiary/aromatic N) is 3. The summed E-state index contributed by atoms with van der Waals surface area (Å²) in [5.41, 5.74) is 4.90. The number of benzene rings is 2. The van der Waals surface area contributed by atoms with Crippen molar-refractivity contribution in [3.8, 4) is 5.69 Å². The fourth-order valence-electron chi connectivity index (χ4n) is 5.39. The van der Waals surface area contributed by atoms with Crippen LogP contribution < -0.4 is 10.6 Å². The quantitative estimate of drug-likeness (QED) is 0.216. The number of aromatic nitrogens is 2. The van der Waals surface area contributed by atoms with Gasteiger partial charge in [-0.2, -0.15) is 0 Å². The molecule has 0 radical (unpaired) electrons. The van der Waals surface area contributed by atoms with E-state index in [9.17, 15) is 14.0 Å². The number of ether oxygens (including phenoxy) is 1. The Morgan fingerprint density at radius 3 is 2.54 bits per heavy atom. The van der Waals surface area contributed by atoms with Gasteiger partial charge in [0, 0.05) is 30.6 Å². The summed E-state index contributed by atoms with van der Waals surface area (Å²) in [6.07, 6.45) is 1.82. The second-order valence-corrected chi connectivity index (χ2v) is 10.2. The number of rotatable bonds is 8. The number of esters is 1. The molecule has 5 rings (SSSR count). The van der Waals surface area contributed by atoms with E-state index < -0.39 is 11.8 Å². The summed E-state index contributed by atoms with van der Waals surface area (Å²) in [6.45, 7) is 4.27. The molecule has 0 unspecified atom stereocenters. The molecule has 2 N–H and O–H groups in total. The zero-order valence-electron chi connectivity index (χ0n) is 22.9. The fraction of sp³-hybridized carbons (Fsp3) is 0.226. The molecule has 41 heavy (non-hydrogen) atoms. The summed E-state index contributed by atoms with van der Waals surface area (Å²) in [6, 6.07) is 20.6. The van der Waals surface area contributed by atoms with Crippen LogP contribution in [-0.2, 0) is 9.53 Å². The van der Waals surface area contributed by atoms with Crippen molar-refractivity contribution in [2.24, 2.45) is 0 Å². The minimum Gasteiger partial charge on any atom is -0.465 e. The van der Waals surface area contributed by atoms with Crippen molar-refractivity contribution in [1.82, 2.24) is 19.8 Å². The monoisotopic (exact) mass is 571 g/mol. The molecule has 2 aromatic heterocycles. The summed E-state index contributed by atoms with van der Waals surface area (Å²) < 4.78 is 21.2. The van der Waals surface area contributed by atoms with Gasteiger partial charge in [0.25, 0.3) is 0 Å². The Labute approximate surface area is 243 Å². The number of halogens is 1. The second kappa shape index (κ2) is 11.9. The number of hydrogen-bond acceptors (Lipinski definition) is 5. The molecule has 0 aliphatic carbocycles. The molecule has 10 heteroatoms. The molecule has 3 heterocycles. The van der Waals surface area contributed by atoms with Gasteiger partial charge in [-0.1, -0.05) is 30.3 Å². The smallest absolute Gasteiger partial charge is 0.339 e. The van der Waals surface area contributed by atoms with Gasteiger partial charge in [-0.25, -0.2) is 9.18 Å². The van der Waals surface area contributed by atoms with Crippen LogP contribution in [0.25, 0.3) is 5.69 Å². The first-order chi connectivity index (χ1) is 19.8. The van der Waals surface area contributed by atoms with Crippen molar-refractivity contribution in [3.05, 3.63) is 113 Å². The lowest BCUT2D eigenvalue weighted by Gasteiger charge is -2.28. The zero-order valence-corrected chi connectivity index (χ0v) is 23.7. The highest BCUT2D eigenvalue weighted by molar-refractivity contribution is 7.80. The Morgan fingerprint density at radius 1 is 1.07 bits per heavy atom. The van der Waals surface area contributed by atoms with Crippen LogP contribution >= 0.6 is 12.2 Å². The zero-order chi connectivity index (χ0) is 29.1. The SMILES string of the molecule is COC(=O)c1ccccc1-n1c(C)cc([C@H]2[C@H](c3ccccn3)NC(=S)N2CCC(=O)Nc2ccccc2F)c1C. The molecule has 8 nitrogen and oxygen atoms in total. The van der Waals surface area contributed by atoms with Crippen LogP contribution in [0.15, 0.2) is 79.0 Å². The molecule has 1 aliphatic heterocycles. The van der Waals surface area contributed by atoms with Crippen molar-refractivity contribution in [2.75, 3.05) is 19.0 Å². The topological polar surface area (TPSA) is 88.5 Å². The van der Waals surface area contributed by atoms with Gasteiger partial charge < -0.3 is 24.8 Å². The molecular weight excluding hydrogens is 541 g/mol. The molecular formula is C31H30FN5O3S. The van der Waals surface area contributed by atoms with Crippen molar-refractivity contribution in [1.29, 1.82) is 0 Å². The molecule has 1 saturated heterocycles. The standard InChI is InChI=1S/C31H30FN5O3S/c1-19-18-22(20(2)37(19)26-14-7-4-10-21(26)30(39)40-3)29-28(25-13-8-9-16-33-25)35-31(41)36(29)17-15-27(38)34-24-12-6-5-11-23(24)32/h4-14,16,18,28-29H,15,17H2,1-3H3,(H,34,38)(H,35,41)/t28-,29-/m0/s1. The highest BCUT2D eigenvalue weighted by Gasteiger charge is 2.41. The summed E-state index contributed by atoms with van der Waals surface area (Å²) in [7, 11) is 1.36. The van der Waals surface area contributed by atoms with Crippen LogP contribution in [0.5, 0.6) is 0 Å². The van der Waals surface area contributed by atoms with E-state index in [2.05, 4.69) is 21.7 Å². The molecule has 0 saturated carbocycles. The Morgan fingerprint density at radius 2 is 1.80 bits per heavy atom. The van der Waals surface area contributed by atoms with Crippen LogP contribution in [0, 0.1) is 19.7 Å². The number of pyridine rings is 1. The van der Waals surface area contributed by atoms with Crippen LogP contribution in [-0.4, -0.2) is 45.1 Å². The van der Waals surface area contributed by atoms with Crippen molar-refractivity contribution < 1.29 is 18.7 Å². The Kier molecular flexibility index (Phi) is 8.11. The lowest BCUT2D eigenvalue weighted by molar-refractivity contribution is -0.116. The number of aryl methyl sites for hydroxylation is 1. The van der Waals surface area contributed by atoms with Crippen LogP contribution in [0.2, 0.25) is 0 Å². The number of hydrogen-bond donors (Lipinski definition) is 2. The number of nitrogens with one attached hydrogen (secondary N) is 2. The van der Waals surface area contributed by atoms with Gasteiger partial charge >= 0.3 is 5.97 Å². The first-order valence-electron chi connectivity index (χ1n) is 13.2. The number of amides is 1. The summed E-state index contributed by atoms with van der Waals surface area (Å²) in [5, 5.41) is 6.55. The normalized spacial score (nSPS) is 16.4. The Balaban J connectivity index is 1.51. The molecule has 1 aliphatic rings. The average molecular weight is 572 g/mol. The minimum absolute atomic E-state index is 0.0888. The summed E-state index contributed by atoms with van der Waals surface area (Å²) in [4.78, 5) is 32.0. The molecule has 0 spiro atoms. The highest BCUT2D eigenvalue weighted by Crippen LogP contribution is 2.41. The average Bonchev–Trinajstić information content (AvgIpc) is 3.47. The number of carbonyl (C=O) groups excluding carboxylic acids is 2. The number of carbonyl (C=O) groups is 2. The number of methoxy groups -OCH3 is 1. The lowest BCUT2D eigenvalue weighted by Crippen LogP contribution is -2.33. The molecule has 210 valence electrons. The highest BCUT2D eigenvalue weighted by atomic mass is 32.1. The van der Waals surface area contributed by atoms with Gasteiger partial charge in [0.05, 0.1) is 41.8 Å². The van der Waals surface area contributed by atoms with Gasteiger partial charge in [-0.15, -0.1) is 0 Å². The molecule has 0 bridgehead atoms. The van der Waals surface area contributed by atoms with Crippen LogP contribution in [0.3, 0.4) is 0 Å². The molecule has 1 amide bonds. The first kappa shape index (κ1) is 28.0. The van der Waals surface area contributed by atoms with E-state index in [4.69, 9.17) is 17.0 Å². The molecule has 1 fully saturated rings. The minimum atomic E-state index is -0.494. The number of anilines is 1. The number of para-hydroxylation sites is 2. The van der Waals surface area contributed by atoms with E-state index in [1.54, 1.807) is 30.5 Å². The van der Waals surface area contributed by atoms with Crippen molar-refractivity contribution >= 4 is 34.9 Å². The van der Waals surface area contributed by atoms with E-state index >= 15 is 0 Å². The Hall–Kier alpha value is -4.57. The van der Waals surface area contributed by atoms with Crippen molar-refractivity contribution in [2.45, 2.75) is 32.4 Å². The van der Waals surface area contributed by atoms with E-state index in [0.717, 1.165) is 22.6 Å². The third-order valence-corrected chi connectivity index (χ3v) is 7.62. The fourth-order valence-corrected chi connectivity index (χ4v) is 5.72. The number of thiocarbonyl (C=S) groups is 1. The summed E-state index contributed by atoms with van der Waals surface area (Å²) >= 11 is 5.77. The maximum Gasteiger partial charge on any atom is 0.339 e. The van der Waals surface area contributed by atoms with Crippen LogP contribution in [0.4, 0.5) is 10.1 Å². The Bertz CT molecular complexity index is 1610. The lowest BCUT2D eigenvalue weighted by atomic mass is 9.96. The molecule has 4 aromatic rings. The largest absolute Gasteiger partial charge is 0.465 e. The van der Waals surface area contributed by atoms with Gasteiger partial charge in [0.2, 0.25) is 5.91 Å². The summed E-state index contributed by atoms with van der Waals surface area (Å²) in [5.74, 6) is -1.24. The molecule has 2 atom stereocenters. The third-order valence-electron chi connectivity index (χ3n) is 7.26. The van der Waals surface area contributed by atoms with Gasteiger partial charge in [-0.05, 0) is 74.1 Å². The van der Waals surface area contributed by atoms with Gasteiger partial charge in [0.1, 0.15) is 5.82 Å². The van der Waals surface area contributed by atoms with E-state index in [1.807, 2.05) is 53.6 Å². The predicted molar refractivity (Wildman–Crippen MR) is 158 cm³/mol. The van der Waals surface area contributed by atoms with E-state index in [0.29, 0.717) is 22.9 Å².